The van der Waals surface area contributed by atoms with Crippen LogP contribution < -0.4 is 4.90 Å². The molecule has 5 nitrogen and oxygen atoms in total. The van der Waals surface area contributed by atoms with Crippen molar-refractivity contribution in [2.45, 2.75) is 42.5 Å². The molecular weight excluding hydrogens is 452 g/mol. The third-order valence-electron chi connectivity index (χ3n) is 5.22. The van der Waals surface area contributed by atoms with Crippen LogP contribution in [-0.4, -0.2) is 26.5 Å². The second-order valence-electron chi connectivity index (χ2n) is 7.16. The number of hydrogen-bond acceptors (Lipinski definition) is 5. The summed E-state index contributed by atoms with van der Waals surface area (Å²) >= 11 is 3.51. The molecular formula is C22H23BrN2O3S. The van der Waals surface area contributed by atoms with Crippen molar-refractivity contribution in [2.75, 3.05) is 18.0 Å². The summed E-state index contributed by atoms with van der Waals surface area (Å²) in [6.07, 6.45) is 4.02. The summed E-state index contributed by atoms with van der Waals surface area (Å²) in [5.74, 6) is 0.650. The molecule has 0 spiro atoms. The first kappa shape index (κ1) is 20.2. The van der Waals surface area contributed by atoms with Crippen LogP contribution in [0.3, 0.4) is 0 Å². The van der Waals surface area contributed by atoms with Crippen molar-refractivity contribution in [1.29, 1.82) is 0 Å². The summed E-state index contributed by atoms with van der Waals surface area (Å²) in [6, 6.07) is 14.5. The van der Waals surface area contributed by atoms with Crippen LogP contribution in [0.15, 0.2) is 67.3 Å². The van der Waals surface area contributed by atoms with Crippen LogP contribution in [0.1, 0.15) is 31.7 Å². The van der Waals surface area contributed by atoms with Crippen molar-refractivity contribution in [2.24, 2.45) is 0 Å². The molecule has 1 saturated heterocycles. The first-order valence-corrected chi connectivity index (χ1v) is 12.1. The van der Waals surface area contributed by atoms with Crippen molar-refractivity contribution in [1.82, 2.24) is 4.98 Å². The predicted octanol–water partition coefficient (Wildman–Crippen LogP) is 5.49. The predicted molar refractivity (Wildman–Crippen MR) is 117 cm³/mol. The van der Waals surface area contributed by atoms with Crippen LogP contribution in [0.5, 0.6) is 0 Å². The Labute approximate surface area is 179 Å². The molecule has 0 radical (unpaired) electrons. The van der Waals surface area contributed by atoms with Crippen LogP contribution in [0.4, 0.5) is 5.88 Å². The zero-order chi connectivity index (χ0) is 20.4. The second kappa shape index (κ2) is 8.32. The van der Waals surface area contributed by atoms with Gasteiger partial charge in [-0.25, -0.2) is 8.42 Å². The molecule has 0 amide bonds. The normalized spacial score (nSPS) is 14.9. The highest BCUT2D eigenvalue weighted by atomic mass is 79.9. The Bertz CT molecular complexity index is 1100. The largest absolute Gasteiger partial charge is 0.419 e. The summed E-state index contributed by atoms with van der Waals surface area (Å²) in [5, 5.41) is -0.00518. The highest BCUT2D eigenvalue weighted by Gasteiger charge is 2.32. The van der Waals surface area contributed by atoms with Crippen molar-refractivity contribution in [3.05, 3.63) is 58.6 Å². The fourth-order valence-corrected chi connectivity index (χ4v) is 5.31. The van der Waals surface area contributed by atoms with Gasteiger partial charge in [-0.3, -0.25) is 0 Å². The van der Waals surface area contributed by atoms with Crippen LogP contribution in [0.2, 0.25) is 0 Å². The van der Waals surface area contributed by atoms with Crippen LogP contribution in [0.25, 0.3) is 11.5 Å². The lowest BCUT2D eigenvalue weighted by molar-refractivity contribution is 0.499. The molecule has 1 fully saturated rings. The molecule has 29 heavy (non-hydrogen) atoms. The average molecular weight is 475 g/mol. The first-order chi connectivity index (χ1) is 14.0. The quantitative estimate of drug-likeness (QED) is 0.489. The van der Waals surface area contributed by atoms with Gasteiger partial charge in [0, 0.05) is 17.6 Å². The van der Waals surface area contributed by atoms with E-state index in [1.54, 1.807) is 12.1 Å². The molecule has 1 aromatic heterocycles. The molecule has 0 aliphatic carbocycles. The number of hydrogen-bond donors (Lipinski definition) is 0. The molecule has 1 aliphatic heterocycles. The number of halogens is 1. The molecule has 0 bridgehead atoms. The monoisotopic (exact) mass is 474 g/mol. The van der Waals surface area contributed by atoms with E-state index in [0.717, 1.165) is 54.4 Å². The number of oxazole rings is 1. The van der Waals surface area contributed by atoms with E-state index >= 15 is 0 Å². The smallest absolute Gasteiger partial charge is 0.236 e. The van der Waals surface area contributed by atoms with E-state index < -0.39 is 9.84 Å². The van der Waals surface area contributed by atoms with Gasteiger partial charge in [-0.1, -0.05) is 31.2 Å². The van der Waals surface area contributed by atoms with Gasteiger partial charge in [0.2, 0.25) is 26.6 Å². The number of benzene rings is 2. The Morgan fingerprint density at radius 1 is 1.03 bits per heavy atom. The topological polar surface area (TPSA) is 63.4 Å². The summed E-state index contributed by atoms with van der Waals surface area (Å²) < 4.78 is 33.8. The van der Waals surface area contributed by atoms with E-state index in [1.807, 2.05) is 48.2 Å². The van der Waals surface area contributed by atoms with Gasteiger partial charge in [0.25, 0.3) is 0 Å². The molecule has 2 heterocycles. The van der Waals surface area contributed by atoms with Gasteiger partial charge in [-0.2, -0.15) is 4.98 Å². The van der Waals surface area contributed by atoms with Gasteiger partial charge in [-0.15, -0.1) is 0 Å². The summed E-state index contributed by atoms with van der Waals surface area (Å²) in [5.41, 5.74) is 1.82. The average Bonchev–Trinajstić information content (AvgIpc) is 3.21. The van der Waals surface area contributed by atoms with Gasteiger partial charge < -0.3 is 9.32 Å². The van der Waals surface area contributed by atoms with Gasteiger partial charge in [0.05, 0.1) is 10.5 Å². The third-order valence-corrected chi connectivity index (χ3v) is 7.58. The molecule has 2 aromatic carbocycles. The number of anilines is 1. The molecule has 7 heteroatoms. The highest BCUT2D eigenvalue weighted by Crippen LogP contribution is 2.37. The van der Waals surface area contributed by atoms with E-state index in [4.69, 9.17) is 4.42 Å². The zero-order valence-electron chi connectivity index (χ0n) is 16.3. The number of sulfone groups is 1. The lowest BCUT2D eigenvalue weighted by Crippen LogP contribution is -2.30. The molecule has 152 valence electrons. The molecule has 4 rings (SSSR count). The molecule has 3 aromatic rings. The molecule has 0 saturated carbocycles. The summed E-state index contributed by atoms with van der Waals surface area (Å²) in [4.78, 5) is 6.72. The summed E-state index contributed by atoms with van der Waals surface area (Å²) in [6.45, 7) is 3.57. The van der Waals surface area contributed by atoms with Crippen molar-refractivity contribution >= 4 is 31.7 Å². The van der Waals surface area contributed by atoms with E-state index in [0.29, 0.717) is 11.8 Å². The van der Waals surface area contributed by atoms with Gasteiger partial charge >= 0.3 is 0 Å². The Balaban J connectivity index is 1.84. The van der Waals surface area contributed by atoms with Gasteiger partial charge in [0.15, 0.2) is 0 Å². The fourth-order valence-electron chi connectivity index (χ4n) is 3.54. The molecule has 0 N–H and O–H groups in total. The third kappa shape index (κ3) is 3.98. The highest BCUT2D eigenvalue weighted by molar-refractivity contribution is 9.10. The lowest BCUT2D eigenvalue weighted by Gasteiger charge is -2.26. The Morgan fingerprint density at radius 3 is 2.38 bits per heavy atom. The van der Waals surface area contributed by atoms with Gasteiger partial charge in [-0.05, 0) is 71.4 Å². The number of nitrogens with zero attached hydrogens (tertiary/aromatic N) is 2. The molecule has 0 atom stereocenters. The van der Waals surface area contributed by atoms with Crippen LogP contribution in [0, 0.1) is 0 Å². The minimum atomic E-state index is -3.81. The molecule has 1 aliphatic rings. The summed E-state index contributed by atoms with van der Waals surface area (Å²) in [7, 11) is -3.81. The van der Waals surface area contributed by atoms with Crippen LogP contribution in [-0.2, 0) is 16.3 Å². The maximum Gasteiger partial charge on any atom is 0.236 e. The number of piperidine rings is 1. The second-order valence-corrected chi connectivity index (χ2v) is 9.88. The molecule has 0 unspecified atom stereocenters. The zero-order valence-corrected chi connectivity index (χ0v) is 18.7. The Hall–Kier alpha value is -2.12. The van der Waals surface area contributed by atoms with E-state index in [2.05, 4.69) is 20.9 Å². The van der Waals surface area contributed by atoms with Crippen molar-refractivity contribution in [3.63, 3.8) is 0 Å². The fraction of sp³-hybridized carbons (Fsp3) is 0.318. The maximum atomic E-state index is 13.5. The SMILES string of the molecule is CCc1ccc(S(=O)(=O)c2nc(-c3ccccc3Br)oc2N2CCCCC2)cc1. The number of rotatable bonds is 5. The number of aryl methyl sites for hydroxylation is 1. The minimum absolute atomic E-state index is 0.00518. The number of aromatic nitrogens is 1. The first-order valence-electron chi connectivity index (χ1n) is 9.85. The van der Waals surface area contributed by atoms with E-state index in [-0.39, 0.29) is 9.92 Å². The van der Waals surface area contributed by atoms with E-state index in [9.17, 15) is 8.42 Å². The minimum Gasteiger partial charge on any atom is -0.419 e. The Morgan fingerprint density at radius 2 is 1.72 bits per heavy atom. The van der Waals surface area contributed by atoms with Crippen LogP contribution >= 0.6 is 15.9 Å². The van der Waals surface area contributed by atoms with E-state index in [1.165, 1.54) is 0 Å². The lowest BCUT2D eigenvalue weighted by atomic mass is 10.1. The maximum absolute atomic E-state index is 13.5. The van der Waals surface area contributed by atoms with Crippen molar-refractivity contribution in [3.8, 4) is 11.5 Å². The van der Waals surface area contributed by atoms with Crippen molar-refractivity contribution < 1.29 is 12.8 Å². The standard InChI is InChI=1S/C22H23BrN2O3S/c1-2-16-10-12-17(13-11-16)29(26,27)21-22(25-14-6-3-7-15-25)28-20(24-21)18-8-4-5-9-19(18)23/h4-5,8-13H,2-3,6-7,14-15H2,1H3. The van der Waals surface area contributed by atoms with Gasteiger partial charge in [0.1, 0.15) is 0 Å². The Kier molecular flexibility index (Phi) is 5.79.